The quantitative estimate of drug-likeness (QED) is 0.567. The van der Waals surface area contributed by atoms with E-state index in [4.69, 9.17) is 23.2 Å². The Hall–Kier alpha value is -1.97. The molecule has 0 bridgehead atoms. The molecule has 6 nitrogen and oxygen atoms in total. The van der Waals surface area contributed by atoms with Gasteiger partial charge >= 0.3 is 0 Å². The van der Waals surface area contributed by atoms with Gasteiger partial charge in [-0.25, -0.2) is 13.4 Å². The minimum atomic E-state index is -3.81. The molecule has 0 unspecified atom stereocenters. The lowest BCUT2D eigenvalue weighted by Gasteiger charge is -2.16. The number of thiazole rings is 1. The van der Waals surface area contributed by atoms with Crippen LogP contribution in [-0.2, 0) is 14.8 Å². The van der Waals surface area contributed by atoms with Crippen LogP contribution < -0.4 is 5.32 Å². The average Bonchev–Trinajstić information content (AvgIpc) is 3.02. The first-order chi connectivity index (χ1) is 13.7. The van der Waals surface area contributed by atoms with Crippen LogP contribution in [-0.4, -0.2) is 37.2 Å². The third kappa shape index (κ3) is 5.15. The van der Waals surface area contributed by atoms with Gasteiger partial charge in [0, 0.05) is 27.5 Å². The number of aryl methyl sites for hydroxylation is 1. The molecule has 0 atom stereocenters. The summed E-state index contributed by atoms with van der Waals surface area (Å²) in [4.78, 5) is 17.8. The summed E-state index contributed by atoms with van der Waals surface area (Å²) in [5, 5.41) is 4.12. The van der Waals surface area contributed by atoms with Crippen molar-refractivity contribution in [1.29, 1.82) is 0 Å². The van der Waals surface area contributed by atoms with Gasteiger partial charge in [-0.1, -0.05) is 35.3 Å². The zero-order valence-electron chi connectivity index (χ0n) is 15.5. The van der Waals surface area contributed by atoms with Crippen molar-refractivity contribution in [2.45, 2.75) is 11.8 Å². The summed E-state index contributed by atoms with van der Waals surface area (Å²) in [7, 11) is -2.47. The van der Waals surface area contributed by atoms with E-state index in [1.165, 1.54) is 42.6 Å². The van der Waals surface area contributed by atoms with Gasteiger partial charge in [0.05, 0.1) is 17.1 Å². The fraction of sp³-hybridized carbons (Fsp3) is 0.158. The van der Waals surface area contributed by atoms with Crippen LogP contribution in [0, 0.1) is 6.92 Å². The first-order valence-corrected chi connectivity index (χ1v) is 11.4. The van der Waals surface area contributed by atoms with Gasteiger partial charge in [-0.15, -0.1) is 11.3 Å². The molecule has 0 saturated heterocycles. The molecule has 0 spiro atoms. The zero-order valence-corrected chi connectivity index (χ0v) is 18.7. The molecule has 1 N–H and O–H groups in total. The van der Waals surface area contributed by atoms with Crippen molar-refractivity contribution in [1.82, 2.24) is 9.29 Å². The van der Waals surface area contributed by atoms with Crippen molar-refractivity contribution < 1.29 is 13.2 Å². The van der Waals surface area contributed by atoms with E-state index in [2.05, 4.69) is 10.3 Å². The highest BCUT2D eigenvalue weighted by Gasteiger charge is 2.23. The maximum atomic E-state index is 12.6. The molecular weight excluding hydrogens is 453 g/mol. The van der Waals surface area contributed by atoms with Crippen molar-refractivity contribution in [3.63, 3.8) is 0 Å². The summed E-state index contributed by atoms with van der Waals surface area (Å²) >= 11 is 13.0. The first kappa shape index (κ1) is 21.7. The number of rotatable bonds is 6. The molecule has 29 heavy (non-hydrogen) atoms. The van der Waals surface area contributed by atoms with Crippen LogP contribution in [0.2, 0.25) is 10.0 Å². The number of hydrogen-bond donors (Lipinski definition) is 1. The number of aromatic nitrogens is 1. The van der Waals surface area contributed by atoms with Gasteiger partial charge in [0.2, 0.25) is 15.9 Å². The number of anilines is 1. The second kappa shape index (κ2) is 8.81. The van der Waals surface area contributed by atoms with Gasteiger partial charge in [0.25, 0.3) is 0 Å². The van der Waals surface area contributed by atoms with Crippen LogP contribution in [0.1, 0.15) is 4.88 Å². The smallest absolute Gasteiger partial charge is 0.243 e. The molecule has 0 fully saturated rings. The number of amides is 1. The van der Waals surface area contributed by atoms with E-state index in [-0.39, 0.29) is 11.4 Å². The standard InChI is InChI=1S/C19H17Cl2N3O3S2/c1-12-18(13-3-5-14(20)6-4-13)23-19(28-12)22-17(25)11-24(2)29(26,27)16-9-7-15(21)8-10-16/h3-10H,11H2,1-2H3,(H,22,23,25). The van der Waals surface area contributed by atoms with Gasteiger partial charge in [-0.05, 0) is 43.3 Å². The minimum absolute atomic E-state index is 0.0623. The topological polar surface area (TPSA) is 79.4 Å². The second-order valence-electron chi connectivity index (χ2n) is 6.19. The number of carbonyl (C=O) groups is 1. The Morgan fingerprint density at radius 1 is 1.07 bits per heavy atom. The summed E-state index contributed by atoms with van der Waals surface area (Å²) in [5.74, 6) is -0.485. The molecule has 3 rings (SSSR count). The zero-order chi connectivity index (χ0) is 21.2. The Morgan fingerprint density at radius 2 is 1.62 bits per heavy atom. The normalized spacial score (nSPS) is 11.6. The van der Waals surface area contributed by atoms with Crippen LogP contribution >= 0.6 is 34.5 Å². The minimum Gasteiger partial charge on any atom is -0.301 e. The molecular formula is C19H17Cl2N3O3S2. The Kier molecular flexibility index (Phi) is 6.60. The fourth-order valence-electron chi connectivity index (χ4n) is 2.56. The number of halogens is 2. The van der Waals surface area contributed by atoms with Crippen LogP contribution in [0.15, 0.2) is 53.4 Å². The molecule has 1 aromatic heterocycles. The van der Waals surface area contributed by atoms with Crippen LogP contribution in [0.25, 0.3) is 11.3 Å². The Balaban J connectivity index is 1.70. The van der Waals surface area contributed by atoms with Crippen molar-refractivity contribution in [3.05, 3.63) is 63.5 Å². The lowest BCUT2D eigenvalue weighted by Crippen LogP contribution is -2.34. The summed E-state index contributed by atoms with van der Waals surface area (Å²) < 4.78 is 26.1. The highest BCUT2D eigenvalue weighted by atomic mass is 35.5. The highest BCUT2D eigenvalue weighted by Crippen LogP contribution is 2.31. The number of benzene rings is 2. The molecule has 2 aromatic carbocycles. The predicted octanol–water partition coefficient (Wildman–Crippen LogP) is 4.68. The van der Waals surface area contributed by atoms with E-state index in [0.29, 0.717) is 15.2 Å². The van der Waals surface area contributed by atoms with Crippen molar-refractivity contribution >= 4 is 55.6 Å². The number of sulfonamides is 1. The second-order valence-corrected chi connectivity index (χ2v) is 10.3. The molecule has 0 aliphatic rings. The van der Waals surface area contributed by atoms with Crippen LogP contribution in [0.5, 0.6) is 0 Å². The largest absolute Gasteiger partial charge is 0.301 e. The number of likely N-dealkylation sites (N-methyl/N-ethyl adjacent to an activating group) is 1. The van der Waals surface area contributed by atoms with E-state index in [0.717, 1.165) is 20.4 Å². The Morgan fingerprint density at radius 3 is 2.21 bits per heavy atom. The molecule has 0 radical (unpaired) electrons. The summed E-state index contributed by atoms with van der Waals surface area (Å²) in [6, 6.07) is 13.0. The van der Waals surface area contributed by atoms with Crippen LogP contribution in [0.4, 0.5) is 5.13 Å². The third-order valence-corrected chi connectivity index (χ3v) is 7.26. The lowest BCUT2D eigenvalue weighted by molar-refractivity contribution is -0.116. The van der Waals surface area contributed by atoms with E-state index in [1.54, 1.807) is 12.1 Å². The molecule has 1 amide bonds. The maximum Gasteiger partial charge on any atom is 0.243 e. The van der Waals surface area contributed by atoms with Gasteiger partial charge in [-0.2, -0.15) is 4.31 Å². The first-order valence-electron chi connectivity index (χ1n) is 8.42. The van der Waals surface area contributed by atoms with E-state index < -0.39 is 15.9 Å². The van der Waals surface area contributed by atoms with Crippen molar-refractivity contribution in [3.8, 4) is 11.3 Å². The number of carbonyl (C=O) groups excluding carboxylic acids is 1. The fourth-order valence-corrected chi connectivity index (χ4v) is 4.79. The summed E-state index contributed by atoms with van der Waals surface area (Å²) in [6.07, 6.45) is 0. The van der Waals surface area contributed by atoms with Crippen molar-refractivity contribution in [2.75, 3.05) is 18.9 Å². The van der Waals surface area contributed by atoms with Gasteiger partial charge in [0.1, 0.15) is 0 Å². The molecule has 152 valence electrons. The number of hydrogen-bond acceptors (Lipinski definition) is 5. The van der Waals surface area contributed by atoms with E-state index in [9.17, 15) is 13.2 Å². The Bertz CT molecular complexity index is 1130. The number of nitrogens with one attached hydrogen (secondary N) is 1. The predicted molar refractivity (Wildman–Crippen MR) is 117 cm³/mol. The average molecular weight is 470 g/mol. The molecule has 10 heteroatoms. The monoisotopic (exact) mass is 469 g/mol. The highest BCUT2D eigenvalue weighted by molar-refractivity contribution is 7.89. The Labute approximate surface area is 183 Å². The SMILES string of the molecule is Cc1sc(NC(=O)CN(C)S(=O)(=O)c2ccc(Cl)cc2)nc1-c1ccc(Cl)cc1. The van der Waals surface area contributed by atoms with E-state index >= 15 is 0 Å². The molecule has 0 aliphatic carbocycles. The molecule has 0 saturated carbocycles. The number of nitrogens with zero attached hydrogens (tertiary/aromatic N) is 2. The lowest BCUT2D eigenvalue weighted by atomic mass is 10.1. The molecule has 3 aromatic rings. The van der Waals surface area contributed by atoms with Crippen molar-refractivity contribution in [2.24, 2.45) is 0 Å². The van der Waals surface area contributed by atoms with Crippen LogP contribution in [0.3, 0.4) is 0 Å². The summed E-state index contributed by atoms with van der Waals surface area (Å²) in [5.41, 5.74) is 1.62. The van der Waals surface area contributed by atoms with Gasteiger partial charge in [0.15, 0.2) is 5.13 Å². The molecule has 1 heterocycles. The third-order valence-electron chi connectivity index (χ3n) is 4.05. The molecule has 0 aliphatic heterocycles. The van der Waals surface area contributed by atoms with Gasteiger partial charge < -0.3 is 5.32 Å². The summed E-state index contributed by atoms with van der Waals surface area (Å²) in [6.45, 7) is 1.55. The maximum absolute atomic E-state index is 12.6. The van der Waals surface area contributed by atoms with Gasteiger partial charge in [-0.3, -0.25) is 4.79 Å². The van der Waals surface area contributed by atoms with E-state index in [1.807, 2.05) is 19.1 Å².